The molecule has 1 aromatic heterocycles. The summed E-state index contributed by atoms with van der Waals surface area (Å²) in [6, 6.07) is 10.9. The Hall–Kier alpha value is -1.49. The van der Waals surface area contributed by atoms with Gasteiger partial charge in [-0.2, -0.15) is 0 Å². The van der Waals surface area contributed by atoms with Crippen LogP contribution in [0.2, 0.25) is 5.02 Å². The van der Waals surface area contributed by atoms with E-state index in [-0.39, 0.29) is 10.8 Å². The van der Waals surface area contributed by atoms with Crippen molar-refractivity contribution in [1.29, 1.82) is 0 Å². The maximum atomic E-state index is 13.6. The van der Waals surface area contributed by atoms with Crippen molar-refractivity contribution in [2.45, 2.75) is 19.5 Å². The quantitative estimate of drug-likeness (QED) is 0.731. The molecule has 0 spiro atoms. The van der Waals surface area contributed by atoms with E-state index < -0.39 is 0 Å². The van der Waals surface area contributed by atoms with Crippen LogP contribution < -0.4 is 0 Å². The fourth-order valence-electron chi connectivity index (χ4n) is 2.44. The van der Waals surface area contributed by atoms with Crippen molar-refractivity contribution < 1.29 is 4.39 Å². The summed E-state index contributed by atoms with van der Waals surface area (Å²) in [4.78, 5) is 8.84. The SMILES string of the molecule is CN(C)CCCN(Cc1ccc(Cl)c(F)c1)Cc1ccccn1. The first-order valence-electron chi connectivity index (χ1n) is 7.75. The summed E-state index contributed by atoms with van der Waals surface area (Å²) in [5, 5.41) is 0.164. The van der Waals surface area contributed by atoms with Crippen LogP contribution in [-0.2, 0) is 13.1 Å². The normalized spacial score (nSPS) is 11.4. The van der Waals surface area contributed by atoms with E-state index in [1.165, 1.54) is 6.07 Å². The molecular weight excluding hydrogens is 313 g/mol. The van der Waals surface area contributed by atoms with Crippen LogP contribution in [0.3, 0.4) is 0 Å². The van der Waals surface area contributed by atoms with Crippen LogP contribution >= 0.6 is 11.6 Å². The van der Waals surface area contributed by atoms with Crippen molar-refractivity contribution >= 4 is 11.6 Å². The molecule has 0 amide bonds. The highest BCUT2D eigenvalue weighted by atomic mass is 35.5. The molecule has 5 heteroatoms. The molecular formula is C18H23ClFN3. The van der Waals surface area contributed by atoms with Gasteiger partial charge in [-0.3, -0.25) is 9.88 Å². The molecule has 2 aromatic rings. The fourth-order valence-corrected chi connectivity index (χ4v) is 2.56. The predicted octanol–water partition coefficient (Wildman–Crippen LogP) is 3.83. The Morgan fingerprint density at radius 1 is 1.09 bits per heavy atom. The van der Waals surface area contributed by atoms with Gasteiger partial charge in [0.05, 0.1) is 10.7 Å². The second-order valence-corrected chi connectivity index (χ2v) is 6.34. The minimum atomic E-state index is -0.366. The lowest BCUT2D eigenvalue weighted by atomic mass is 10.2. The molecule has 0 unspecified atom stereocenters. The van der Waals surface area contributed by atoms with Crippen molar-refractivity contribution in [2.75, 3.05) is 27.2 Å². The highest BCUT2D eigenvalue weighted by Gasteiger charge is 2.10. The van der Waals surface area contributed by atoms with Crippen molar-refractivity contribution in [3.8, 4) is 0 Å². The first-order valence-corrected chi connectivity index (χ1v) is 8.13. The van der Waals surface area contributed by atoms with Crippen LogP contribution in [0.4, 0.5) is 4.39 Å². The van der Waals surface area contributed by atoms with E-state index in [9.17, 15) is 4.39 Å². The number of hydrogen-bond acceptors (Lipinski definition) is 3. The Bertz CT molecular complexity index is 604. The number of nitrogens with zero attached hydrogens (tertiary/aromatic N) is 3. The van der Waals surface area contributed by atoms with E-state index in [0.717, 1.165) is 37.3 Å². The lowest BCUT2D eigenvalue weighted by Crippen LogP contribution is -2.27. The van der Waals surface area contributed by atoms with Crippen LogP contribution in [0.15, 0.2) is 42.6 Å². The van der Waals surface area contributed by atoms with Crippen molar-refractivity contribution in [2.24, 2.45) is 0 Å². The van der Waals surface area contributed by atoms with E-state index >= 15 is 0 Å². The molecule has 2 rings (SSSR count). The van der Waals surface area contributed by atoms with E-state index in [1.54, 1.807) is 12.3 Å². The molecule has 124 valence electrons. The number of rotatable bonds is 8. The topological polar surface area (TPSA) is 19.4 Å². The summed E-state index contributed by atoms with van der Waals surface area (Å²) in [7, 11) is 4.13. The fraction of sp³-hybridized carbons (Fsp3) is 0.389. The number of benzene rings is 1. The zero-order chi connectivity index (χ0) is 16.7. The molecule has 23 heavy (non-hydrogen) atoms. The first kappa shape index (κ1) is 17.9. The zero-order valence-corrected chi connectivity index (χ0v) is 14.4. The van der Waals surface area contributed by atoms with Gasteiger partial charge in [-0.1, -0.05) is 23.7 Å². The number of aromatic nitrogens is 1. The average Bonchev–Trinajstić information content (AvgIpc) is 2.51. The number of hydrogen-bond donors (Lipinski definition) is 0. The van der Waals surface area contributed by atoms with Gasteiger partial charge in [0.25, 0.3) is 0 Å². The third kappa shape index (κ3) is 6.26. The van der Waals surface area contributed by atoms with Gasteiger partial charge < -0.3 is 4.90 Å². The Morgan fingerprint density at radius 2 is 1.91 bits per heavy atom. The monoisotopic (exact) mass is 335 g/mol. The molecule has 0 radical (unpaired) electrons. The van der Waals surface area contributed by atoms with Gasteiger partial charge in [0.1, 0.15) is 5.82 Å². The van der Waals surface area contributed by atoms with Gasteiger partial charge in [0.15, 0.2) is 0 Å². The third-order valence-corrected chi connectivity index (χ3v) is 3.89. The van der Waals surface area contributed by atoms with Gasteiger partial charge >= 0.3 is 0 Å². The van der Waals surface area contributed by atoms with E-state index in [2.05, 4.69) is 28.9 Å². The largest absolute Gasteiger partial charge is 0.309 e. The van der Waals surface area contributed by atoms with Crippen molar-refractivity contribution in [1.82, 2.24) is 14.8 Å². The van der Waals surface area contributed by atoms with Gasteiger partial charge in [-0.05, 0) is 56.9 Å². The Morgan fingerprint density at radius 3 is 2.57 bits per heavy atom. The molecule has 0 saturated carbocycles. The molecule has 0 atom stereocenters. The summed E-state index contributed by atoms with van der Waals surface area (Å²) in [5.41, 5.74) is 1.94. The molecule has 0 bridgehead atoms. The Labute approximate surface area is 142 Å². The molecule has 0 N–H and O–H groups in total. The molecule has 0 fully saturated rings. The minimum Gasteiger partial charge on any atom is -0.309 e. The summed E-state index contributed by atoms with van der Waals surface area (Å²) >= 11 is 5.76. The second-order valence-electron chi connectivity index (χ2n) is 5.94. The first-order chi connectivity index (χ1) is 11.0. The van der Waals surface area contributed by atoms with Crippen LogP contribution in [0.5, 0.6) is 0 Å². The number of pyridine rings is 1. The lowest BCUT2D eigenvalue weighted by molar-refractivity contribution is 0.237. The standard InChI is InChI=1S/C18H23ClFN3/c1-22(2)10-5-11-23(14-16-6-3-4-9-21-16)13-15-7-8-17(19)18(20)12-15/h3-4,6-9,12H,5,10-11,13-14H2,1-2H3. The van der Waals surface area contributed by atoms with Crippen molar-refractivity contribution in [3.05, 3.63) is 64.7 Å². The average molecular weight is 336 g/mol. The summed E-state index contributed by atoms with van der Waals surface area (Å²) in [6.45, 7) is 3.38. The Kier molecular flexibility index (Phi) is 6.96. The lowest BCUT2D eigenvalue weighted by Gasteiger charge is -2.23. The van der Waals surface area contributed by atoms with Crippen LogP contribution in [0.1, 0.15) is 17.7 Å². The summed E-state index contributed by atoms with van der Waals surface area (Å²) in [6.07, 6.45) is 2.85. The highest BCUT2D eigenvalue weighted by molar-refractivity contribution is 6.30. The highest BCUT2D eigenvalue weighted by Crippen LogP contribution is 2.17. The van der Waals surface area contributed by atoms with Crippen LogP contribution in [0.25, 0.3) is 0 Å². The Balaban J connectivity index is 2.03. The second kappa shape index (κ2) is 8.96. The molecule has 0 aliphatic heterocycles. The van der Waals surface area contributed by atoms with E-state index in [1.807, 2.05) is 24.3 Å². The van der Waals surface area contributed by atoms with Gasteiger partial charge in [-0.25, -0.2) is 4.39 Å². The molecule has 3 nitrogen and oxygen atoms in total. The predicted molar refractivity (Wildman–Crippen MR) is 92.9 cm³/mol. The molecule has 1 heterocycles. The molecule has 0 aliphatic rings. The maximum absolute atomic E-state index is 13.6. The van der Waals surface area contributed by atoms with E-state index in [4.69, 9.17) is 11.6 Å². The van der Waals surface area contributed by atoms with Crippen LogP contribution in [0, 0.1) is 5.82 Å². The van der Waals surface area contributed by atoms with Gasteiger partial charge in [0, 0.05) is 25.8 Å². The molecule has 0 aliphatic carbocycles. The maximum Gasteiger partial charge on any atom is 0.142 e. The van der Waals surface area contributed by atoms with Crippen LogP contribution in [-0.4, -0.2) is 42.0 Å². The minimum absolute atomic E-state index is 0.164. The number of halogens is 2. The smallest absolute Gasteiger partial charge is 0.142 e. The molecule has 0 saturated heterocycles. The summed E-state index contributed by atoms with van der Waals surface area (Å²) < 4.78 is 13.6. The zero-order valence-electron chi connectivity index (χ0n) is 13.7. The van der Waals surface area contributed by atoms with E-state index in [0.29, 0.717) is 6.54 Å². The van der Waals surface area contributed by atoms with Gasteiger partial charge in [-0.15, -0.1) is 0 Å². The third-order valence-electron chi connectivity index (χ3n) is 3.58. The van der Waals surface area contributed by atoms with Crippen molar-refractivity contribution in [3.63, 3.8) is 0 Å². The molecule has 1 aromatic carbocycles. The van der Waals surface area contributed by atoms with Gasteiger partial charge in [0.2, 0.25) is 0 Å². The summed E-state index contributed by atoms with van der Waals surface area (Å²) in [5.74, 6) is -0.366.